The number of fused-ring (bicyclic) bond motifs is 5. The number of rotatable bonds is 3. The lowest BCUT2D eigenvalue weighted by molar-refractivity contribution is 0.590. The van der Waals surface area contributed by atoms with Crippen LogP contribution >= 0.6 is 0 Å². The molecule has 0 amide bonds. The smallest absolute Gasteiger partial charge is 0.00259 e. The third-order valence-corrected chi connectivity index (χ3v) is 9.14. The van der Waals surface area contributed by atoms with Gasteiger partial charge in [0.05, 0.1) is 0 Å². The van der Waals surface area contributed by atoms with E-state index in [0.717, 1.165) is 0 Å². The van der Waals surface area contributed by atoms with Gasteiger partial charge in [0.1, 0.15) is 0 Å². The highest BCUT2D eigenvalue weighted by atomic mass is 14.2. The number of benzene rings is 7. The molecule has 0 fully saturated rings. The average Bonchev–Trinajstić information content (AvgIpc) is 3.03. The van der Waals surface area contributed by atoms with Crippen molar-refractivity contribution in [3.63, 3.8) is 0 Å². The summed E-state index contributed by atoms with van der Waals surface area (Å²) in [6.07, 6.45) is 0. The fourth-order valence-corrected chi connectivity index (χ4v) is 6.62. The van der Waals surface area contributed by atoms with Crippen LogP contribution in [0.4, 0.5) is 0 Å². The molecule has 0 aliphatic carbocycles. The van der Waals surface area contributed by atoms with Gasteiger partial charge >= 0.3 is 0 Å². The van der Waals surface area contributed by atoms with Crippen LogP contribution < -0.4 is 0 Å². The minimum Gasteiger partial charge on any atom is -0.0622 e. The Morgan fingerprint density at radius 2 is 0.818 bits per heavy atom. The highest BCUT2D eigenvalue weighted by Gasteiger charge is 2.20. The number of hydrogen-bond donors (Lipinski definition) is 0. The van der Waals surface area contributed by atoms with E-state index in [1.54, 1.807) is 0 Å². The SMILES string of the molecule is CC(C)(C)c1ccc(-c2cc(-c3cc4cc(-c5ccccc5)c5ccccc5c4c4ccccc34)cc(C(C)(C)C)c2)cc1. The van der Waals surface area contributed by atoms with Crippen LogP contribution in [0, 0.1) is 0 Å². The Kier molecular flexibility index (Phi) is 6.70. The topological polar surface area (TPSA) is 0 Å². The van der Waals surface area contributed by atoms with Crippen molar-refractivity contribution in [2.75, 3.05) is 0 Å². The van der Waals surface area contributed by atoms with Crippen molar-refractivity contribution in [3.05, 3.63) is 145 Å². The molecule has 0 spiro atoms. The van der Waals surface area contributed by atoms with E-state index in [0.29, 0.717) is 0 Å². The summed E-state index contributed by atoms with van der Waals surface area (Å²) in [5, 5.41) is 7.78. The molecule has 0 saturated carbocycles. The van der Waals surface area contributed by atoms with Gasteiger partial charge < -0.3 is 0 Å². The van der Waals surface area contributed by atoms with E-state index in [2.05, 4.69) is 175 Å². The van der Waals surface area contributed by atoms with Gasteiger partial charge in [-0.3, -0.25) is 0 Å². The lowest BCUT2D eigenvalue weighted by Gasteiger charge is -2.23. The second-order valence-electron chi connectivity index (χ2n) is 14.3. The fraction of sp³-hybridized carbons (Fsp3) is 0.182. The van der Waals surface area contributed by atoms with Crippen molar-refractivity contribution in [3.8, 4) is 33.4 Å². The molecule has 7 aromatic carbocycles. The first-order valence-corrected chi connectivity index (χ1v) is 15.8. The van der Waals surface area contributed by atoms with Gasteiger partial charge in [0.25, 0.3) is 0 Å². The van der Waals surface area contributed by atoms with E-state index >= 15 is 0 Å². The molecule has 0 N–H and O–H groups in total. The third-order valence-electron chi connectivity index (χ3n) is 9.14. The first kappa shape index (κ1) is 28.1. The molecule has 0 saturated heterocycles. The lowest BCUT2D eigenvalue weighted by Crippen LogP contribution is -2.11. The first-order chi connectivity index (χ1) is 21.1. The van der Waals surface area contributed by atoms with Gasteiger partial charge in [0.15, 0.2) is 0 Å². The molecule has 0 unspecified atom stereocenters. The molecule has 0 nitrogen and oxygen atoms in total. The van der Waals surface area contributed by atoms with Crippen LogP contribution in [0.3, 0.4) is 0 Å². The maximum Gasteiger partial charge on any atom is -0.00259 e. The first-order valence-electron chi connectivity index (χ1n) is 15.8. The summed E-state index contributed by atoms with van der Waals surface area (Å²) in [6, 6.07) is 49.9. The van der Waals surface area contributed by atoms with Crippen molar-refractivity contribution in [1.29, 1.82) is 0 Å². The molecule has 0 radical (unpaired) electrons. The zero-order valence-electron chi connectivity index (χ0n) is 26.7. The summed E-state index contributed by atoms with van der Waals surface area (Å²) in [7, 11) is 0. The standard InChI is InChI=1S/C44H40/c1-43(2,3)34-22-20-29(21-23-34)31-24-32(26-35(25-31)44(4,5)6)41-28-33-27-40(30-14-8-7-9-15-30)36-16-10-12-18-38(36)42(33)39-19-13-11-17-37(39)41/h7-28H,1-6H3. The molecule has 0 atom stereocenters. The molecule has 0 heteroatoms. The minimum atomic E-state index is 0.0133. The molecule has 0 aliphatic rings. The Balaban J connectivity index is 1.53. The van der Waals surface area contributed by atoms with Crippen LogP contribution in [-0.4, -0.2) is 0 Å². The van der Waals surface area contributed by atoms with Crippen molar-refractivity contribution in [1.82, 2.24) is 0 Å². The van der Waals surface area contributed by atoms with Crippen LogP contribution in [0.2, 0.25) is 0 Å². The highest BCUT2D eigenvalue weighted by Crippen LogP contribution is 2.43. The summed E-state index contributed by atoms with van der Waals surface area (Å²) in [5.41, 5.74) is 10.4. The summed E-state index contributed by atoms with van der Waals surface area (Å²) in [5.74, 6) is 0. The predicted octanol–water partition coefficient (Wildman–Crippen LogP) is 12.7. The molecule has 0 aliphatic heterocycles. The van der Waals surface area contributed by atoms with Gasteiger partial charge in [-0.25, -0.2) is 0 Å². The molecule has 0 aromatic heterocycles. The predicted molar refractivity (Wildman–Crippen MR) is 193 cm³/mol. The second-order valence-corrected chi connectivity index (χ2v) is 14.3. The van der Waals surface area contributed by atoms with Crippen LogP contribution in [0.1, 0.15) is 52.7 Å². The molecule has 44 heavy (non-hydrogen) atoms. The molecule has 7 aromatic rings. The van der Waals surface area contributed by atoms with E-state index in [-0.39, 0.29) is 10.8 Å². The van der Waals surface area contributed by atoms with Gasteiger partial charge in [-0.1, -0.05) is 157 Å². The van der Waals surface area contributed by atoms with Gasteiger partial charge in [0, 0.05) is 0 Å². The average molecular weight is 569 g/mol. The maximum absolute atomic E-state index is 2.44. The van der Waals surface area contributed by atoms with Gasteiger partial charge in [0.2, 0.25) is 0 Å². The van der Waals surface area contributed by atoms with Crippen molar-refractivity contribution in [2.24, 2.45) is 0 Å². The summed E-state index contributed by atoms with van der Waals surface area (Å²) >= 11 is 0. The molecule has 0 bridgehead atoms. The van der Waals surface area contributed by atoms with Crippen LogP contribution in [0.25, 0.3) is 65.7 Å². The van der Waals surface area contributed by atoms with Crippen molar-refractivity contribution >= 4 is 32.3 Å². The zero-order chi connectivity index (χ0) is 30.6. The highest BCUT2D eigenvalue weighted by molar-refractivity contribution is 6.25. The zero-order valence-corrected chi connectivity index (χ0v) is 26.7. The molecular formula is C44H40. The lowest BCUT2D eigenvalue weighted by atomic mass is 9.81. The van der Waals surface area contributed by atoms with Gasteiger partial charge in [-0.15, -0.1) is 0 Å². The molecule has 0 heterocycles. The van der Waals surface area contributed by atoms with E-state index in [1.807, 2.05) is 0 Å². The van der Waals surface area contributed by atoms with Gasteiger partial charge in [-0.05, 0) is 106 Å². The quantitative estimate of drug-likeness (QED) is 0.186. The van der Waals surface area contributed by atoms with E-state index in [4.69, 9.17) is 0 Å². The largest absolute Gasteiger partial charge is 0.0622 e. The van der Waals surface area contributed by atoms with E-state index in [9.17, 15) is 0 Å². The maximum atomic E-state index is 2.44. The Labute approximate surface area is 262 Å². The van der Waals surface area contributed by atoms with Crippen LogP contribution in [0.15, 0.2) is 133 Å². The summed E-state index contributed by atoms with van der Waals surface area (Å²) < 4.78 is 0. The van der Waals surface area contributed by atoms with Crippen LogP contribution in [0.5, 0.6) is 0 Å². The molecular weight excluding hydrogens is 528 g/mol. The Morgan fingerprint density at radius 1 is 0.341 bits per heavy atom. The van der Waals surface area contributed by atoms with Gasteiger partial charge in [-0.2, -0.15) is 0 Å². The van der Waals surface area contributed by atoms with E-state index in [1.165, 1.54) is 76.8 Å². The summed E-state index contributed by atoms with van der Waals surface area (Å²) in [4.78, 5) is 0. The van der Waals surface area contributed by atoms with E-state index < -0.39 is 0 Å². The number of hydrogen-bond acceptors (Lipinski definition) is 0. The van der Waals surface area contributed by atoms with Crippen molar-refractivity contribution < 1.29 is 0 Å². The third kappa shape index (κ3) is 4.99. The second kappa shape index (κ2) is 10.5. The monoisotopic (exact) mass is 568 g/mol. The Bertz CT molecular complexity index is 2150. The summed E-state index contributed by atoms with van der Waals surface area (Å²) in [6.45, 7) is 13.8. The van der Waals surface area contributed by atoms with Crippen molar-refractivity contribution in [2.45, 2.75) is 52.4 Å². The Hall–Kier alpha value is -4.68. The fourth-order valence-electron chi connectivity index (χ4n) is 6.62. The molecule has 216 valence electrons. The minimum absolute atomic E-state index is 0.0133. The van der Waals surface area contributed by atoms with Crippen LogP contribution in [-0.2, 0) is 10.8 Å². The normalized spacial score (nSPS) is 12.3. The Morgan fingerprint density at radius 3 is 1.36 bits per heavy atom. The molecule has 7 rings (SSSR count).